The molecule has 0 bridgehead atoms. The summed E-state index contributed by atoms with van der Waals surface area (Å²) in [6, 6.07) is 0. The molecule has 2 aliphatic rings. The number of halogens is 4. The monoisotopic (exact) mass is 372 g/mol. The number of rotatable bonds is 2. The van der Waals surface area contributed by atoms with Crippen molar-refractivity contribution in [1.82, 2.24) is 0 Å². The van der Waals surface area contributed by atoms with E-state index in [1.165, 1.54) is 0 Å². The molecule has 1 aliphatic carbocycles. The Morgan fingerprint density at radius 3 is 2.00 bits per heavy atom. The summed E-state index contributed by atoms with van der Waals surface area (Å²) in [6.45, 7) is 0. The lowest BCUT2D eigenvalue weighted by atomic mass is 9.87. The molecule has 0 unspecified atom stereocenters. The number of guanidine groups is 2. The summed E-state index contributed by atoms with van der Waals surface area (Å²) in [6.07, 6.45) is 2.70. The van der Waals surface area contributed by atoms with E-state index >= 15 is 0 Å². The molecule has 0 saturated heterocycles. The van der Waals surface area contributed by atoms with Gasteiger partial charge in [-0.15, -0.1) is 0 Å². The van der Waals surface area contributed by atoms with Crippen LogP contribution in [0.4, 0.5) is 23.2 Å². The van der Waals surface area contributed by atoms with E-state index in [2.05, 4.69) is 9.98 Å². The number of benzene rings is 1. The summed E-state index contributed by atoms with van der Waals surface area (Å²) in [5.41, 5.74) is 12.3. The highest BCUT2D eigenvalue weighted by atomic mass is 19.2. The van der Waals surface area contributed by atoms with Gasteiger partial charge in [-0.25, -0.2) is 22.6 Å². The summed E-state index contributed by atoms with van der Waals surface area (Å²) in [7, 11) is 0. The molecule has 0 atom stereocenters. The van der Waals surface area contributed by atoms with Crippen molar-refractivity contribution in [1.29, 1.82) is 0 Å². The Bertz CT molecular complexity index is 818. The molecule has 26 heavy (non-hydrogen) atoms. The molecule has 1 saturated carbocycles. The largest absolute Gasteiger partial charge is 0.369 e. The topological polar surface area (TPSA) is 123 Å². The molecule has 11 heteroatoms. The first kappa shape index (κ1) is 18.0. The van der Waals surface area contributed by atoms with Crippen LogP contribution in [-0.4, -0.2) is 23.5 Å². The second-order valence-corrected chi connectivity index (χ2v) is 6.16. The minimum absolute atomic E-state index is 0.198. The zero-order chi connectivity index (χ0) is 19.2. The fourth-order valence-corrected chi connectivity index (χ4v) is 3.48. The average Bonchev–Trinajstić information content (AvgIpc) is 2.56. The zero-order valence-corrected chi connectivity index (χ0v) is 13.5. The Balaban J connectivity index is 2.28. The first-order chi connectivity index (χ1) is 12.2. The molecular formula is C15H16F4N6O. The van der Waals surface area contributed by atoms with Crippen LogP contribution in [0.5, 0.6) is 0 Å². The van der Waals surface area contributed by atoms with E-state index in [-0.39, 0.29) is 5.96 Å². The lowest BCUT2D eigenvalue weighted by Gasteiger charge is -2.45. The van der Waals surface area contributed by atoms with E-state index in [0.29, 0.717) is 25.7 Å². The number of hydrogen-bond acceptors (Lipinski definition) is 6. The van der Waals surface area contributed by atoms with Gasteiger partial charge in [-0.3, -0.25) is 9.69 Å². The third-order valence-corrected chi connectivity index (χ3v) is 4.56. The lowest BCUT2D eigenvalue weighted by molar-refractivity contribution is 0.0990. The number of carbonyl (C=O) groups excluding carboxylic acids is 1. The van der Waals surface area contributed by atoms with Crippen molar-refractivity contribution in [2.45, 2.75) is 37.8 Å². The normalized spacial score (nSPS) is 19.3. The summed E-state index contributed by atoms with van der Waals surface area (Å²) in [4.78, 5) is 19.8. The minimum Gasteiger partial charge on any atom is -0.369 e. The number of aliphatic imine (C=N–C) groups is 2. The third-order valence-electron chi connectivity index (χ3n) is 4.56. The van der Waals surface area contributed by atoms with Crippen LogP contribution >= 0.6 is 0 Å². The van der Waals surface area contributed by atoms with Crippen LogP contribution in [0.2, 0.25) is 0 Å². The number of nitrogens with two attached hydrogens (primary N) is 3. The van der Waals surface area contributed by atoms with Crippen LogP contribution in [0, 0.1) is 23.3 Å². The number of anilines is 1. The van der Waals surface area contributed by atoms with Crippen molar-refractivity contribution in [3.63, 3.8) is 0 Å². The number of carbonyl (C=O) groups is 1. The highest BCUT2D eigenvalue weighted by Crippen LogP contribution is 2.42. The Hall–Kier alpha value is -2.85. The van der Waals surface area contributed by atoms with Crippen molar-refractivity contribution < 1.29 is 22.4 Å². The van der Waals surface area contributed by atoms with Gasteiger partial charge in [-0.2, -0.15) is 4.99 Å². The maximum absolute atomic E-state index is 14.6. The van der Waals surface area contributed by atoms with Gasteiger partial charge < -0.3 is 17.2 Å². The van der Waals surface area contributed by atoms with E-state index in [4.69, 9.17) is 17.2 Å². The second-order valence-electron chi connectivity index (χ2n) is 6.16. The van der Waals surface area contributed by atoms with Crippen LogP contribution in [0.1, 0.15) is 42.5 Å². The third kappa shape index (κ3) is 2.54. The van der Waals surface area contributed by atoms with E-state index in [1.54, 1.807) is 0 Å². The van der Waals surface area contributed by atoms with Crippen LogP contribution in [-0.2, 0) is 0 Å². The number of amides is 1. The molecule has 140 valence electrons. The van der Waals surface area contributed by atoms with E-state index in [9.17, 15) is 22.4 Å². The van der Waals surface area contributed by atoms with E-state index in [0.717, 1.165) is 11.3 Å². The van der Waals surface area contributed by atoms with Gasteiger partial charge in [0.15, 0.2) is 23.3 Å². The fraction of sp³-hybridized carbons (Fsp3) is 0.400. The van der Waals surface area contributed by atoms with Crippen molar-refractivity contribution in [3.8, 4) is 0 Å². The summed E-state index contributed by atoms with van der Waals surface area (Å²) in [5.74, 6) is -9.73. The minimum atomic E-state index is -1.91. The molecule has 1 amide bonds. The number of primary amides is 1. The maximum Gasteiger partial charge on any atom is 0.254 e. The Morgan fingerprint density at radius 2 is 1.50 bits per heavy atom. The van der Waals surface area contributed by atoms with Crippen molar-refractivity contribution in [3.05, 3.63) is 28.8 Å². The fourth-order valence-electron chi connectivity index (χ4n) is 3.48. The molecule has 1 aromatic rings. The summed E-state index contributed by atoms with van der Waals surface area (Å²) >= 11 is 0. The van der Waals surface area contributed by atoms with Crippen LogP contribution in [0.25, 0.3) is 0 Å². The molecule has 6 N–H and O–H groups in total. The highest BCUT2D eigenvalue weighted by molar-refractivity contribution is 6.06. The molecule has 3 rings (SSSR count). The Labute approximate surface area is 145 Å². The average molecular weight is 372 g/mol. The van der Waals surface area contributed by atoms with Crippen LogP contribution in [0.3, 0.4) is 0 Å². The van der Waals surface area contributed by atoms with Gasteiger partial charge in [0.25, 0.3) is 5.91 Å². The first-order valence-corrected chi connectivity index (χ1v) is 7.85. The quantitative estimate of drug-likeness (QED) is 0.537. The molecule has 7 nitrogen and oxygen atoms in total. The molecule has 1 fully saturated rings. The van der Waals surface area contributed by atoms with Gasteiger partial charge in [0.2, 0.25) is 11.9 Å². The van der Waals surface area contributed by atoms with Gasteiger partial charge >= 0.3 is 0 Å². The van der Waals surface area contributed by atoms with Gasteiger partial charge in [0.1, 0.15) is 16.9 Å². The number of nitrogens with zero attached hydrogens (tertiary/aromatic N) is 3. The Kier molecular flexibility index (Phi) is 4.24. The standard InChI is InChI=1S/C15H16F4N6O/c16-7-6(12(20)26)8(17)10(19)11(9(7)18)25-14(22)23-13(21)24-15(25)4-2-1-3-5-15/h1-5H2,(H2,20,26)(H4,21,22,23,24). The maximum atomic E-state index is 14.6. The highest BCUT2D eigenvalue weighted by Gasteiger charge is 2.46. The van der Waals surface area contributed by atoms with Gasteiger partial charge in [0, 0.05) is 0 Å². The molecule has 1 spiro atoms. The smallest absolute Gasteiger partial charge is 0.254 e. The molecular weight excluding hydrogens is 356 g/mol. The molecule has 0 radical (unpaired) electrons. The van der Waals surface area contributed by atoms with Crippen molar-refractivity contribution in [2.75, 3.05) is 4.90 Å². The Morgan fingerprint density at radius 1 is 0.962 bits per heavy atom. The van der Waals surface area contributed by atoms with Gasteiger partial charge in [-0.05, 0) is 25.7 Å². The molecule has 1 aromatic carbocycles. The van der Waals surface area contributed by atoms with Crippen molar-refractivity contribution in [2.24, 2.45) is 27.2 Å². The molecule has 1 aliphatic heterocycles. The SMILES string of the molecule is NC(=O)c1c(F)c(F)c(N2C(N)=NC(N)=NC23CCCCC3)c(F)c1F. The van der Waals surface area contributed by atoms with Crippen molar-refractivity contribution >= 4 is 23.5 Å². The predicted molar refractivity (Wildman–Crippen MR) is 86.3 cm³/mol. The predicted octanol–water partition coefficient (Wildman–Crippen LogP) is 1.45. The first-order valence-electron chi connectivity index (χ1n) is 7.85. The zero-order valence-electron chi connectivity index (χ0n) is 13.5. The number of hydrogen-bond donors (Lipinski definition) is 3. The molecule has 1 heterocycles. The van der Waals surface area contributed by atoms with Gasteiger partial charge in [0.05, 0.1) is 0 Å². The van der Waals surface area contributed by atoms with Crippen LogP contribution < -0.4 is 22.1 Å². The lowest BCUT2D eigenvalue weighted by Crippen LogP contribution is -2.59. The van der Waals surface area contributed by atoms with Crippen LogP contribution in [0.15, 0.2) is 9.98 Å². The van der Waals surface area contributed by atoms with E-state index < -0.39 is 52.0 Å². The van der Waals surface area contributed by atoms with E-state index in [1.807, 2.05) is 0 Å². The summed E-state index contributed by atoms with van der Waals surface area (Å²) in [5, 5.41) is 0. The molecule has 0 aromatic heterocycles. The van der Waals surface area contributed by atoms with Gasteiger partial charge in [-0.1, -0.05) is 6.42 Å². The summed E-state index contributed by atoms with van der Waals surface area (Å²) < 4.78 is 57.7. The second kappa shape index (κ2) is 6.15.